The van der Waals surface area contributed by atoms with Crippen molar-refractivity contribution in [3.8, 4) is 0 Å². The first-order valence-electron chi connectivity index (χ1n) is 9.72. The summed E-state index contributed by atoms with van der Waals surface area (Å²) in [7, 11) is -1.47. The highest BCUT2D eigenvalue weighted by molar-refractivity contribution is 7.82. The first-order chi connectivity index (χ1) is 14.8. The highest BCUT2D eigenvalue weighted by Gasteiger charge is 2.47. The molecule has 1 aliphatic rings. The number of hydrogen-bond acceptors (Lipinski definition) is 3. The van der Waals surface area contributed by atoms with Crippen molar-refractivity contribution < 1.29 is 13.8 Å². The van der Waals surface area contributed by atoms with Crippen LogP contribution in [-0.4, -0.2) is 22.3 Å². The molecule has 0 bridgehead atoms. The van der Waals surface area contributed by atoms with Gasteiger partial charge < -0.3 is 0 Å². The minimum atomic E-state index is -1.47. The Balaban J connectivity index is 1.75. The largest absolute Gasteiger partial charge is 0.280 e. The zero-order valence-corrected chi connectivity index (χ0v) is 18.7. The lowest BCUT2D eigenvalue weighted by atomic mass is 9.78. The lowest BCUT2D eigenvalue weighted by molar-refractivity contribution is -0.121. The maximum Gasteiger partial charge on any atom is 0.263 e. The molecule has 7 heteroatoms. The topological polar surface area (TPSA) is 66.5 Å². The van der Waals surface area contributed by atoms with Crippen molar-refractivity contribution in [3.63, 3.8) is 0 Å². The number of nitrogens with zero attached hydrogens (tertiary/aromatic N) is 1. The molecule has 1 N–H and O–H groups in total. The Morgan fingerprint density at radius 2 is 1.77 bits per heavy atom. The Morgan fingerprint density at radius 3 is 2.48 bits per heavy atom. The molecule has 1 heterocycles. The standard InChI is InChI=1S/C24H21ClN2O3S/c1-24(15-16-10-12-18(25)13-11-16)20-8-3-4-9-21(20)27(23(24)29)19-7-5-6-17(14-19)22(28)26-31(2)30/h3-14H,15H2,1-2H3,(H,26,28). The van der Waals surface area contributed by atoms with E-state index in [1.54, 1.807) is 29.2 Å². The first kappa shape index (κ1) is 21.3. The van der Waals surface area contributed by atoms with Crippen LogP contribution in [-0.2, 0) is 27.6 Å². The SMILES string of the molecule is CS(=O)NC(=O)c1cccc(N2C(=O)C(C)(Cc3ccc(Cl)cc3)c3ccccc32)c1. The van der Waals surface area contributed by atoms with E-state index in [0.717, 1.165) is 16.8 Å². The van der Waals surface area contributed by atoms with Crippen molar-refractivity contribution >= 4 is 45.8 Å². The second kappa shape index (κ2) is 8.29. The van der Waals surface area contributed by atoms with Crippen LogP contribution in [0, 0.1) is 0 Å². The van der Waals surface area contributed by atoms with Crippen LogP contribution in [0.3, 0.4) is 0 Å². The Labute approximate surface area is 188 Å². The monoisotopic (exact) mass is 452 g/mol. The average molecular weight is 453 g/mol. The number of nitrogens with one attached hydrogen (secondary N) is 1. The van der Waals surface area contributed by atoms with E-state index in [1.807, 2.05) is 55.5 Å². The van der Waals surface area contributed by atoms with Gasteiger partial charge in [-0.05, 0) is 60.9 Å². The third-order valence-corrected chi connectivity index (χ3v) is 6.21. The lowest BCUT2D eigenvalue weighted by Gasteiger charge is -2.25. The Morgan fingerprint density at radius 1 is 1.06 bits per heavy atom. The second-order valence-corrected chi connectivity index (χ2v) is 9.28. The molecular formula is C24H21ClN2O3S. The zero-order chi connectivity index (χ0) is 22.2. The number of benzene rings is 3. The molecular weight excluding hydrogens is 432 g/mol. The minimum Gasteiger partial charge on any atom is -0.280 e. The minimum absolute atomic E-state index is 0.0692. The highest BCUT2D eigenvalue weighted by Crippen LogP contribution is 2.47. The van der Waals surface area contributed by atoms with Crippen LogP contribution < -0.4 is 9.62 Å². The van der Waals surface area contributed by atoms with E-state index in [1.165, 1.54) is 6.26 Å². The summed E-state index contributed by atoms with van der Waals surface area (Å²) < 4.78 is 13.8. The predicted octanol–water partition coefficient (Wildman–Crippen LogP) is 4.54. The number of halogens is 1. The van der Waals surface area contributed by atoms with Crippen molar-refractivity contribution in [1.29, 1.82) is 0 Å². The molecule has 3 aromatic rings. The van der Waals surface area contributed by atoms with E-state index < -0.39 is 22.3 Å². The fraction of sp³-hybridized carbons (Fsp3) is 0.167. The van der Waals surface area contributed by atoms with Crippen LogP contribution in [0.15, 0.2) is 72.8 Å². The summed E-state index contributed by atoms with van der Waals surface area (Å²) >= 11 is 6.02. The summed E-state index contributed by atoms with van der Waals surface area (Å²) in [6, 6.07) is 22.0. The molecule has 0 spiro atoms. The third kappa shape index (κ3) is 4.01. The van der Waals surface area contributed by atoms with Gasteiger partial charge in [0.25, 0.3) is 5.91 Å². The van der Waals surface area contributed by atoms with Gasteiger partial charge in [0, 0.05) is 22.5 Å². The zero-order valence-electron chi connectivity index (χ0n) is 17.1. The summed E-state index contributed by atoms with van der Waals surface area (Å²) in [5, 5.41) is 0.650. The molecule has 2 amide bonds. The van der Waals surface area contributed by atoms with Crippen molar-refractivity contribution in [1.82, 2.24) is 4.72 Å². The van der Waals surface area contributed by atoms with E-state index in [0.29, 0.717) is 22.7 Å². The van der Waals surface area contributed by atoms with E-state index in [-0.39, 0.29) is 5.91 Å². The van der Waals surface area contributed by atoms with Gasteiger partial charge in [-0.15, -0.1) is 0 Å². The van der Waals surface area contributed by atoms with Gasteiger partial charge in [-0.25, -0.2) is 4.21 Å². The molecule has 0 fully saturated rings. The van der Waals surface area contributed by atoms with E-state index in [2.05, 4.69) is 4.72 Å². The van der Waals surface area contributed by atoms with E-state index in [9.17, 15) is 13.8 Å². The molecule has 31 heavy (non-hydrogen) atoms. The molecule has 2 unspecified atom stereocenters. The molecule has 0 aliphatic carbocycles. The van der Waals surface area contributed by atoms with Crippen LogP contribution in [0.4, 0.5) is 11.4 Å². The molecule has 0 radical (unpaired) electrons. The average Bonchev–Trinajstić information content (AvgIpc) is 2.96. The molecule has 4 rings (SSSR count). The maximum atomic E-state index is 13.8. The molecule has 5 nitrogen and oxygen atoms in total. The number of rotatable bonds is 5. The number of amides is 2. The smallest absolute Gasteiger partial charge is 0.263 e. The van der Waals surface area contributed by atoms with Crippen LogP contribution in [0.2, 0.25) is 5.02 Å². The number of fused-ring (bicyclic) bond motifs is 1. The normalized spacial score (nSPS) is 18.5. The number of para-hydroxylation sites is 1. The molecule has 158 valence electrons. The van der Waals surface area contributed by atoms with Gasteiger partial charge in [-0.1, -0.05) is 48.0 Å². The molecule has 0 saturated heterocycles. The van der Waals surface area contributed by atoms with Gasteiger partial charge in [0.1, 0.15) is 11.0 Å². The fourth-order valence-electron chi connectivity index (χ4n) is 4.02. The quantitative estimate of drug-likeness (QED) is 0.618. The van der Waals surface area contributed by atoms with Crippen LogP contribution in [0.5, 0.6) is 0 Å². The third-order valence-electron chi connectivity index (χ3n) is 5.49. The maximum absolute atomic E-state index is 13.8. The number of anilines is 2. The summed E-state index contributed by atoms with van der Waals surface area (Å²) in [6.45, 7) is 1.94. The van der Waals surface area contributed by atoms with Crippen molar-refractivity contribution in [3.05, 3.63) is 94.5 Å². The number of carbonyl (C=O) groups excluding carboxylic acids is 2. The summed E-state index contributed by atoms with van der Waals surface area (Å²) in [5.74, 6) is -0.521. The molecule has 1 aliphatic heterocycles. The Kier molecular flexibility index (Phi) is 5.69. The number of hydrogen-bond donors (Lipinski definition) is 1. The summed E-state index contributed by atoms with van der Waals surface area (Å²) in [5.41, 5.74) is 2.89. The summed E-state index contributed by atoms with van der Waals surface area (Å²) in [6.07, 6.45) is 1.91. The fourth-order valence-corrected chi connectivity index (χ4v) is 4.52. The molecule has 3 aromatic carbocycles. The van der Waals surface area contributed by atoms with Gasteiger partial charge in [0.15, 0.2) is 0 Å². The van der Waals surface area contributed by atoms with E-state index in [4.69, 9.17) is 11.6 Å². The van der Waals surface area contributed by atoms with Gasteiger partial charge >= 0.3 is 0 Å². The molecule has 0 saturated carbocycles. The predicted molar refractivity (Wildman–Crippen MR) is 124 cm³/mol. The Bertz CT molecular complexity index is 1200. The van der Waals surface area contributed by atoms with Gasteiger partial charge in [0.05, 0.1) is 11.1 Å². The van der Waals surface area contributed by atoms with Crippen LogP contribution in [0.25, 0.3) is 0 Å². The summed E-state index contributed by atoms with van der Waals surface area (Å²) in [4.78, 5) is 27.8. The Hall–Kier alpha value is -2.96. The first-order valence-corrected chi connectivity index (χ1v) is 11.7. The van der Waals surface area contributed by atoms with Crippen molar-refractivity contribution in [2.45, 2.75) is 18.8 Å². The lowest BCUT2D eigenvalue weighted by Crippen LogP contribution is -2.37. The molecule has 2 atom stereocenters. The number of carbonyl (C=O) groups is 2. The van der Waals surface area contributed by atoms with Crippen LogP contribution in [0.1, 0.15) is 28.4 Å². The second-order valence-electron chi connectivity index (χ2n) is 7.73. The van der Waals surface area contributed by atoms with Gasteiger partial charge in [-0.3, -0.25) is 19.2 Å². The highest BCUT2D eigenvalue weighted by atomic mass is 35.5. The van der Waals surface area contributed by atoms with Gasteiger partial charge in [0.2, 0.25) is 5.91 Å². The van der Waals surface area contributed by atoms with Crippen LogP contribution >= 0.6 is 11.6 Å². The van der Waals surface area contributed by atoms with E-state index >= 15 is 0 Å². The molecule has 0 aromatic heterocycles. The van der Waals surface area contributed by atoms with Crippen molar-refractivity contribution in [2.75, 3.05) is 11.2 Å². The van der Waals surface area contributed by atoms with Crippen molar-refractivity contribution in [2.24, 2.45) is 0 Å². The van der Waals surface area contributed by atoms with Gasteiger partial charge in [-0.2, -0.15) is 0 Å².